The minimum absolute atomic E-state index is 0.281. The van der Waals surface area contributed by atoms with E-state index in [9.17, 15) is 4.79 Å². The van der Waals surface area contributed by atoms with Crippen molar-refractivity contribution < 1.29 is 9.53 Å². The van der Waals surface area contributed by atoms with Gasteiger partial charge < -0.3 is 10.1 Å². The van der Waals surface area contributed by atoms with Crippen molar-refractivity contribution in [3.63, 3.8) is 0 Å². The molecule has 18 heavy (non-hydrogen) atoms. The molecule has 1 aromatic rings. The van der Waals surface area contributed by atoms with Crippen LogP contribution in [0.25, 0.3) is 0 Å². The van der Waals surface area contributed by atoms with Crippen LogP contribution >= 0.6 is 0 Å². The first kappa shape index (κ1) is 12.9. The van der Waals surface area contributed by atoms with Crippen molar-refractivity contribution in [1.82, 2.24) is 0 Å². The number of esters is 1. The van der Waals surface area contributed by atoms with Crippen LogP contribution in [-0.4, -0.2) is 19.1 Å². The van der Waals surface area contributed by atoms with Gasteiger partial charge in [-0.25, -0.2) is 4.79 Å². The summed E-state index contributed by atoms with van der Waals surface area (Å²) in [6.07, 6.45) is 7.85. The second kappa shape index (κ2) is 6.43. The Kier molecular flexibility index (Phi) is 4.62. The average Bonchev–Trinajstić information content (AvgIpc) is 2.67. The summed E-state index contributed by atoms with van der Waals surface area (Å²) >= 11 is 0. The van der Waals surface area contributed by atoms with Crippen molar-refractivity contribution >= 4 is 11.7 Å². The van der Waals surface area contributed by atoms with Crippen molar-refractivity contribution in [2.75, 3.05) is 12.4 Å². The van der Waals surface area contributed by atoms with E-state index in [1.165, 1.54) is 45.6 Å². The summed E-state index contributed by atoms with van der Waals surface area (Å²) in [6.45, 7) is 0. The molecule has 1 fully saturated rings. The third-order valence-corrected chi connectivity index (χ3v) is 3.53. The fourth-order valence-electron chi connectivity index (χ4n) is 2.48. The monoisotopic (exact) mass is 247 g/mol. The maximum Gasteiger partial charge on any atom is 0.337 e. The Morgan fingerprint density at radius 1 is 1.11 bits per heavy atom. The lowest BCUT2D eigenvalue weighted by atomic mass is 10.1. The Morgan fingerprint density at radius 3 is 2.28 bits per heavy atom. The SMILES string of the molecule is COC(=O)c1ccc(NC2CCCCCC2)cc1. The van der Waals surface area contributed by atoms with Crippen LogP contribution in [0.15, 0.2) is 24.3 Å². The van der Waals surface area contributed by atoms with E-state index in [0.29, 0.717) is 11.6 Å². The molecule has 1 saturated carbocycles. The minimum Gasteiger partial charge on any atom is -0.465 e. The Balaban J connectivity index is 1.94. The van der Waals surface area contributed by atoms with Crippen LogP contribution in [0, 0.1) is 0 Å². The van der Waals surface area contributed by atoms with Gasteiger partial charge in [0.05, 0.1) is 12.7 Å². The van der Waals surface area contributed by atoms with E-state index in [-0.39, 0.29) is 5.97 Å². The molecule has 0 aromatic heterocycles. The van der Waals surface area contributed by atoms with Crippen LogP contribution in [-0.2, 0) is 4.74 Å². The molecule has 0 spiro atoms. The highest BCUT2D eigenvalue weighted by atomic mass is 16.5. The van der Waals surface area contributed by atoms with Crippen LogP contribution in [0.4, 0.5) is 5.69 Å². The van der Waals surface area contributed by atoms with Gasteiger partial charge in [0.1, 0.15) is 0 Å². The Bertz CT molecular complexity index is 378. The van der Waals surface area contributed by atoms with Gasteiger partial charge in [0.25, 0.3) is 0 Å². The van der Waals surface area contributed by atoms with Gasteiger partial charge in [-0.3, -0.25) is 0 Å². The van der Waals surface area contributed by atoms with E-state index < -0.39 is 0 Å². The molecule has 0 unspecified atom stereocenters. The molecular weight excluding hydrogens is 226 g/mol. The van der Waals surface area contributed by atoms with E-state index in [2.05, 4.69) is 10.1 Å². The maximum absolute atomic E-state index is 11.3. The maximum atomic E-state index is 11.3. The first-order chi connectivity index (χ1) is 8.79. The molecule has 0 bridgehead atoms. The van der Waals surface area contributed by atoms with Crippen LogP contribution in [0.5, 0.6) is 0 Å². The number of hydrogen-bond acceptors (Lipinski definition) is 3. The van der Waals surface area contributed by atoms with Gasteiger partial charge in [0.2, 0.25) is 0 Å². The second-order valence-corrected chi connectivity index (χ2v) is 4.90. The van der Waals surface area contributed by atoms with Gasteiger partial charge in [-0.15, -0.1) is 0 Å². The zero-order valence-electron chi connectivity index (χ0n) is 10.9. The highest BCUT2D eigenvalue weighted by molar-refractivity contribution is 5.89. The summed E-state index contributed by atoms with van der Waals surface area (Å²) in [5, 5.41) is 3.55. The van der Waals surface area contributed by atoms with Gasteiger partial charge in [-0.1, -0.05) is 25.7 Å². The predicted octanol–water partition coefficient (Wildman–Crippen LogP) is 3.61. The molecule has 0 atom stereocenters. The largest absolute Gasteiger partial charge is 0.465 e. The summed E-state index contributed by atoms with van der Waals surface area (Å²) < 4.78 is 4.68. The van der Waals surface area contributed by atoms with Crippen molar-refractivity contribution in [2.24, 2.45) is 0 Å². The number of nitrogens with one attached hydrogen (secondary N) is 1. The number of rotatable bonds is 3. The zero-order valence-corrected chi connectivity index (χ0v) is 10.9. The third-order valence-electron chi connectivity index (χ3n) is 3.53. The quantitative estimate of drug-likeness (QED) is 0.655. The third kappa shape index (κ3) is 3.49. The van der Waals surface area contributed by atoms with Crippen molar-refractivity contribution in [3.05, 3.63) is 29.8 Å². The van der Waals surface area contributed by atoms with E-state index >= 15 is 0 Å². The van der Waals surface area contributed by atoms with Gasteiger partial charge in [-0.05, 0) is 37.1 Å². The number of anilines is 1. The highest BCUT2D eigenvalue weighted by Gasteiger charge is 2.12. The van der Waals surface area contributed by atoms with Gasteiger partial charge in [0.15, 0.2) is 0 Å². The molecule has 0 saturated heterocycles. The average molecular weight is 247 g/mol. The number of ether oxygens (including phenoxy) is 1. The molecule has 2 rings (SSSR count). The summed E-state index contributed by atoms with van der Waals surface area (Å²) in [5.74, 6) is -0.281. The smallest absolute Gasteiger partial charge is 0.337 e. The molecule has 3 nitrogen and oxygen atoms in total. The molecule has 0 aliphatic heterocycles. The Labute approximate surface area is 109 Å². The normalized spacial score (nSPS) is 16.9. The van der Waals surface area contributed by atoms with Gasteiger partial charge in [-0.2, -0.15) is 0 Å². The Hall–Kier alpha value is -1.51. The van der Waals surface area contributed by atoms with Crippen LogP contribution in [0.3, 0.4) is 0 Å². The van der Waals surface area contributed by atoms with Crippen LogP contribution in [0.1, 0.15) is 48.9 Å². The summed E-state index contributed by atoms with van der Waals surface area (Å²) in [7, 11) is 1.40. The molecule has 0 radical (unpaired) electrons. The zero-order chi connectivity index (χ0) is 12.8. The van der Waals surface area contributed by atoms with Crippen LogP contribution < -0.4 is 5.32 Å². The molecule has 98 valence electrons. The lowest BCUT2D eigenvalue weighted by Crippen LogP contribution is -2.18. The molecule has 1 aliphatic rings. The lowest BCUT2D eigenvalue weighted by Gasteiger charge is -2.17. The van der Waals surface area contributed by atoms with E-state index in [4.69, 9.17) is 0 Å². The molecule has 1 aromatic carbocycles. The fourth-order valence-corrected chi connectivity index (χ4v) is 2.48. The number of benzene rings is 1. The minimum atomic E-state index is -0.281. The molecule has 0 amide bonds. The van der Waals surface area contributed by atoms with Crippen molar-refractivity contribution in [2.45, 2.75) is 44.6 Å². The van der Waals surface area contributed by atoms with Crippen molar-refractivity contribution in [1.29, 1.82) is 0 Å². The lowest BCUT2D eigenvalue weighted by molar-refractivity contribution is 0.0601. The predicted molar refractivity (Wildman–Crippen MR) is 72.9 cm³/mol. The first-order valence-electron chi connectivity index (χ1n) is 6.74. The molecule has 3 heteroatoms. The standard InChI is InChI=1S/C15H21NO2/c1-18-15(17)12-8-10-14(11-9-12)16-13-6-4-2-3-5-7-13/h8-11,13,16H,2-7H2,1H3. The topological polar surface area (TPSA) is 38.3 Å². The van der Waals surface area contributed by atoms with Crippen LogP contribution in [0.2, 0.25) is 0 Å². The summed E-state index contributed by atoms with van der Waals surface area (Å²) in [5.41, 5.74) is 1.69. The fraction of sp³-hybridized carbons (Fsp3) is 0.533. The van der Waals surface area contributed by atoms with E-state index in [1.54, 1.807) is 0 Å². The Morgan fingerprint density at radius 2 is 1.72 bits per heavy atom. The number of hydrogen-bond donors (Lipinski definition) is 1. The molecule has 1 aliphatic carbocycles. The van der Waals surface area contributed by atoms with E-state index in [1.807, 2.05) is 24.3 Å². The molecule has 0 heterocycles. The van der Waals surface area contributed by atoms with Crippen molar-refractivity contribution in [3.8, 4) is 0 Å². The second-order valence-electron chi connectivity index (χ2n) is 4.90. The number of carbonyl (C=O) groups excluding carboxylic acids is 1. The molecule has 1 N–H and O–H groups in total. The summed E-state index contributed by atoms with van der Waals surface area (Å²) in [4.78, 5) is 11.3. The molecular formula is C15H21NO2. The number of methoxy groups -OCH3 is 1. The van der Waals surface area contributed by atoms with E-state index in [0.717, 1.165) is 5.69 Å². The van der Waals surface area contributed by atoms with Gasteiger partial charge in [0, 0.05) is 11.7 Å². The highest BCUT2D eigenvalue weighted by Crippen LogP contribution is 2.21. The number of carbonyl (C=O) groups is 1. The first-order valence-corrected chi connectivity index (χ1v) is 6.74. The summed E-state index contributed by atoms with van der Waals surface area (Å²) in [6, 6.07) is 8.11. The van der Waals surface area contributed by atoms with Gasteiger partial charge >= 0.3 is 5.97 Å².